The highest BCUT2D eigenvalue weighted by Crippen LogP contribution is 2.27. The molecule has 78 valence electrons. The van der Waals surface area contributed by atoms with Gasteiger partial charge >= 0.3 is 0 Å². The number of rotatable bonds is 2. The molecule has 0 amide bonds. The second kappa shape index (κ2) is 4.40. The van der Waals surface area contributed by atoms with E-state index in [1.54, 1.807) is 7.11 Å². The van der Waals surface area contributed by atoms with Crippen molar-refractivity contribution in [2.24, 2.45) is 0 Å². The zero-order valence-corrected chi connectivity index (χ0v) is 9.17. The van der Waals surface area contributed by atoms with E-state index >= 15 is 0 Å². The van der Waals surface area contributed by atoms with Gasteiger partial charge in [-0.25, -0.2) is 0 Å². The summed E-state index contributed by atoms with van der Waals surface area (Å²) in [4.78, 5) is 2.42. The van der Waals surface area contributed by atoms with Crippen molar-refractivity contribution < 1.29 is 9.47 Å². The Kier molecular flexibility index (Phi) is 3.71. The molecule has 3 heteroatoms. The van der Waals surface area contributed by atoms with Crippen LogP contribution in [0, 0.1) is 0 Å². The molecule has 0 aromatic rings. The summed E-state index contributed by atoms with van der Waals surface area (Å²) in [7, 11) is 1.79. The molecule has 3 nitrogen and oxygen atoms in total. The van der Waals surface area contributed by atoms with Gasteiger partial charge in [0.25, 0.3) is 0 Å². The molecular weight excluding hydrogens is 166 g/mol. The highest BCUT2D eigenvalue weighted by molar-refractivity contribution is 4.97. The minimum Gasteiger partial charge on any atom is -0.378 e. The van der Waals surface area contributed by atoms with E-state index in [0.29, 0.717) is 6.04 Å². The van der Waals surface area contributed by atoms with E-state index in [-0.39, 0.29) is 5.60 Å². The molecule has 0 radical (unpaired) electrons. The number of nitrogens with zero attached hydrogens (tertiary/aromatic N) is 1. The summed E-state index contributed by atoms with van der Waals surface area (Å²) in [5.74, 6) is 0. The maximum atomic E-state index is 5.34. The van der Waals surface area contributed by atoms with Gasteiger partial charge in [0.15, 0.2) is 0 Å². The van der Waals surface area contributed by atoms with Crippen LogP contribution in [-0.4, -0.2) is 50.0 Å². The fourth-order valence-electron chi connectivity index (χ4n) is 1.63. The van der Waals surface area contributed by atoms with Crippen LogP contribution in [0.3, 0.4) is 0 Å². The zero-order valence-electron chi connectivity index (χ0n) is 9.17. The lowest BCUT2D eigenvalue weighted by Crippen LogP contribution is -2.67. The van der Waals surface area contributed by atoms with Crippen LogP contribution in [0.4, 0.5) is 0 Å². The Balaban J connectivity index is 0.000000396. The molecule has 2 rings (SSSR count). The van der Waals surface area contributed by atoms with E-state index in [1.165, 1.54) is 0 Å². The van der Waals surface area contributed by atoms with Gasteiger partial charge in [0.2, 0.25) is 0 Å². The Bertz CT molecular complexity index is 151. The van der Waals surface area contributed by atoms with Crippen molar-refractivity contribution in [1.29, 1.82) is 0 Å². The van der Waals surface area contributed by atoms with Crippen molar-refractivity contribution >= 4 is 0 Å². The second-order valence-corrected chi connectivity index (χ2v) is 3.75. The molecule has 0 unspecified atom stereocenters. The van der Waals surface area contributed by atoms with E-state index in [9.17, 15) is 0 Å². The number of hydrogen-bond donors (Lipinski definition) is 0. The average Bonchev–Trinajstić information content (AvgIpc) is 2.02. The minimum atomic E-state index is 0.121. The van der Waals surface area contributed by atoms with E-state index in [1.807, 2.05) is 13.8 Å². The molecule has 0 aromatic heterocycles. The summed E-state index contributed by atoms with van der Waals surface area (Å²) in [5, 5.41) is 0. The standard InChI is InChI=1S/C8H15NO2.C2H6/c1-8(10-2)5-9(6-8)7-3-11-4-7;1-2/h7H,3-6H2,1-2H3;1-2H3. The number of ether oxygens (including phenoxy) is 2. The third kappa shape index (κ3) is 2.22. The maximum Gasteiger partial charge on any atom is 0.0903 e. The first-order chi connectivity index (χ1) is 6.23. The Hall–Kier alpha value is -0.120. The molecule has 0 saturated carbocycles. The maximum absolute atomic E-state index is 5.34. The van der Waals surface area contributed by atoms with Crippen LogP contribution < -0.4 is 0 Å². The molecule has 2 heterocycles. The summed E-state index contributed by atoms with van der Waals surface area (Å²) in [6, 6.07) is 0.679. The van der Waals surface area contributed by atoms with Gasteiger partial charge in [-0.15, -0.1) is 0 Å². The normalized spacial score (nSPS) is 26.8. The van der Waals surface area contributed by atoms with Crippen LogP contribution in [0.1, 0.15) is 20.8 Å². The van der Waals surface area contributed by atoms with Gasteiger partial charge in [-0.2, -0.15) is 0 Å². The van der Waals surface area contributed by atoms with Gasteiger partial charge in [-0.3, -0.25) is 4.90 Å². The minimum absolute atomic E-state index is 0.121. The van der Waals surface area contributed by atoms with Crippen LogP contribution in [0.5, 0.6) is 0 Å². The third-order valence-electron chi connectivity index (χ3n) is 2.70. The zero-order chi connectivity index (χ0) is 9.90. The summed E-state index contributed by atoms with van der Waals surface area (Å²) in [6.07, 6.45) is 0. The van der Waals surface area contributed by atoms with Crippen molar-refractivity contribution in [3.8, 4) is 0 Å². The molecule has 0 aliphatic carbocycles. The highest BCUT2D eigenvalue weighted by atomic mass is 16.5. The monoisotopic (exact) mass is 187 g/mol. The molecule has 0 bridgehead atoms. The molecule has 0 aromatic carbocycles. The third-order valence-corrected chi connectivity index (χ3v) is 2.70. The lowest BCUT2D eigenvalue weighted by atomic mass is 9.93. The molecule has 0 N–H and O–H groups in total. The smallest absolute Gasteiger partial charge is 0.0903 e. The van der Waals surface area contributed by atoms with Crippen molar-refractivity contribution in [1.82, 2.24) is 4.90 Å². The van der Waals surface area contributed by atoms with Gasteiger partial charge in [0.1, 0.15) is 0 Å². The SMILES string of the molecule is CC.COC1(C)CN(C2COC2)C1. The van der Waals surface area contributed by atoms with Crippen LogP contribution in [0.25, 0.3) is 0 Å². The van der Waals surface area contributed by atoms with Crippen LogP contribution >= 0.6 is 0 Å². The largest absolute Gasteiger partial charge is 0.378 e. The lowest BCUT2D eigenvalue weighted by Gasteiger charge is -2.52. The van der Waals surface area contributed by atoms with Crippen LogP contribution in [-0.2, 0) is 9.47 Å². The predicted octanol–water partition coefficient (Wildman–Crippen LogP) is 1.13. The van der Waals surface area contributed by atoms with E-state index < -0.39 is 0 Å². The lowest BCUT2D eigenvalue weighted by molar-refractivity contribution is -0.172. The van der Waals surface area contributed by atoms with Gasteiger partial charge in [0, 0.05) is 20.2 Å². The van der Waals surface area contributed by atoms with Crippen LogP contribution in [0.15, 0.2) is 0 Å². The van der Waals surface area contributed by atoms with Gasteiger partial charge in [-0.1, -0.05) is 13.8 Å². The molecule has 2 saturated heterocycles. The first-order valence-corrected chi connectivity index (χ1v) is 5.10. The fourth-order valence-corrected chi connectivity index (χ4v) is 1.63. The molecule has 2 aliphatic rings. The summed E-state index contributed by atoms with van der Waals surface area (Å²) in [5.41, 5.74) is 0.121. The molecular formula is C10H21NO2. The Labute approximate surface area is 81.0 Å². The highest BCUT2D eigenvalue weighted by Gasteiger charge is 2.43. The van der Waals surface area contributed by atoms with Crippen molar-refractivity contribution in [3.05, 3.63) is 0 Å². The molecule has 13 heavy (non-hydrogen) atoms. The number of hydrogen-bond acceptors (Lipinski definition) is 3. The fraction of sp³-hybridized carbons (Fsp3) is 1.00. The molecule has 2 aliphatic heterocycles. The van der Waals surface area contributed by atoms with E-state index in [0.717, 1.165) is 26.3 Å². The van der Waals surface area contributed by atoms with Crippen molar-refractivity contribution in [3.63, 3.8) is 0 Å². The van der Waals surface area contributed by atoms with E-state index in [2.05, 4.69) is 11.8 Å². The summed E-state index contributed by atoms with van der Waals surface area (Å²) >= 11 is 0. The number of methoxy groups -OCH3 is 1. The van der Waals surface area contributed by atoms with E-state index in [4.69, 9.17) is 9.47 Å². The Morgan fingerprint density at radius 2 is 1.85 bits per heavy atom. The van der Waals surface area contributed by atoms with Crippen LogP contribution in [0.2, 0.25) is 0 Å². The average molecular weight is 187 g/mol. The van der Waals surface area contributed by atoms with Crippen molar-refractivity contribution in [2.75, 3.05) is 33.4 Å². The number of likely N-dealkylation sites (tertiary alicyclic amines) is 1. The molecule has 0 spiro atoms. The first kappa shape index (κ1) is 11.0. The molecule has 2 fully saturated rings. The van der Waals surface area contributed by atoms with Crippen molar-refractivity contribution in [2.45, 2.75) is 32.4 Å². The second-order valence-electron chi connectivity index (χ2n) is 3.75. The summed E-state index contributed by atoms with van der Waals surface area (Å²) < 4.78 is 10.5. The Morgan fingerprint density at radius 1 is 1.31 bits per heavy atom. The Morgan fingerprint density at radius 3 is 2.15 bits per heavy atom. The quantitative estimate of drug-likeness (QED) is 0.647. The van der Waals surface area contributed by atoms with Gasteiger partial charge in [-0.05, 0) is 6.92 Å². The predicted molar refractivity (Wildman–Crippen MR) is 52.9 cm³/mol. The van der Waals surface area contributed by atoms with Gasteiger partial charge < -0.3 is 9.47 Å². The molecule has 0 atom stereocenters. The summed E-state index contributed by atoms with van der Waals surface area (Å²) in [6.45, 7) is 10.1. The van der Waals surface area contributed by atoms with Gasteiger partial charge in [0.05, 0.1) is 24.9 Å². The first-order valence-electron chi connectivity index (χ1n) is 5.10. The topological polar surface area (TPSA) is 21.7 Å².